The molecule has 0 aromatic carbocycles. The molecule has 0 aliphatic carbocycles. The van der Waals surface area contributed by atoms with E-state index in [1.54, 1.807) is 18.6 Å². The summed E-state index contributed by atoms with van der Waals surface area (Å²) >= 11 is 0. The van der Waals surface area contributed by atoms with Crippen LogP contribution in [0.1, 0.15) is 42.5 Å². The number of rotatable bonds is 5. The Bertz CT molecular complexity index is 771. The molecule has 7 heteroatoms. The first-order valence-electron chi connectivity index (χ1n) is 9.73. The zero-order valence-electron chi connectivity index (χ0n) is 15.4. The van der Waals surface area contributed by atoms with Crippen LogP contribution in [0.15, 0.2) is 30.7 Å². The van der Waals surface area contributed by atoms with Crippen LogP contribution in [-0.2, 0) is 4.74 Å². The third kappa shape index (κ3) is 4.24. The van der Waals surface area contributed by atoms with Crippen molar-refractivity contribution in [3.8, 4) is 11.3 Å². The zero-order chi connectivity index (χ0) is 18.5. The van der Waals surface area contributed by atoms with Gasteiger partial charge in [0.1, 0.15) is 0 Å². The lowest BCUT2D eigenvalue weighted by Crippen LogP contribution is -2.33. The van der Waals surface area contributed by atoms with Crippen molar-refractivity contribution < 1.29 is 9.53 Å². The fourth-order valence-electron chi connectivity index (χ4n) is 3.61. The van der Waals surface area contributed by atoms with Gasteiger partial charge in [-0.05, 0) is 44.2 Å². The number of ether oxygens (including phenoxy) is 1. The number of carbonyl (C=O) groups excluding carboxylic acids is 1. The molecule has 4 rings (SSSR count). The fraction of sp³-hybridized carbons (Fsp3) is 0.500. The van der Waals surface area contributed by atoms with Gasteiger partial charge < -0.3 is 15.0 Å². The van der Waals surface area contributed by atoms with Gasteiger partial charge in [-0.2, -0.15) is 0 Å². The quantitative estimate of drug-likeness (QED) is 0.874. The summed E-state index contributed by atoms with van der Waals surface area (Å²) in [6, 6.07) is 3.78. The van der Waals surface area contributed by atoms with Crippen molar-refractivity contribution in [2.75, 3.05) is 31.1 Å². The number of piperidine rings is 1. The summed E-state index contributed by atoms with van der Waals surface area (Å²) in [5, 5.41) is 2.97. The first kappa shape index (κ1) is 17.9. The van der Waals surface area contributed by atoms with Crippen LogP contribution in [0.3, 0.4) is 0 Å². The molecule has 1 atom stereocenters. The van der Waals surface area contributed by atoms with E-state index < -0.39 is 0 Å². The van der Waals surface area contributed by atoms with E-state index in [1.165, 1.54) is 6.42 Å². The molecule has 2 saturated heterocycles. The average molecular weight is 367 g/mol. The monoisotopic (exact) mass is 367 g/mol. The van der Waals surface area contributed by atoms with Crippen molar-refractivity contribution in [1.29, 1.82) is 0 Å². The highest BCUT2D eigenvalue weighted by Gasteiger charge is 2.22. The third-order valence-electron chi connectivity index (χ3n) is 5.11. The highest BCUT2D eigenvalue weighted by atomic mass is 16.5. The zero-order valence-corrected chi connectivity index (χ0v) is 15.4. The highest BCUT2D eigenvalue weighted by molar-refractivity contribution is 5.99. The SMILES string of the molecule is O=C(NCC1CCCO1)c1cnc(N2CCCCC2)nc1-c1cccnc1. The molecule has 2 aromatic heterocycles. The Kier molecular flexibility index (Phi) is 5.58. The van der Waals surface area contributed by atoms with Crippen molar-refractivity contribution in [2.24, 2.45) is 0 Å². The van der Waals surface area contributed by atoms with E-state index in [2.05, 4.69) is 20.2 Å². The van der Waals surface area contributed by atoms with E-state index in [9.17, 15) is 4.79 Å². The fourth-order valence-corrected chi connectivity index (χ4v) is 3.61. The summed E-state index contributed by atoms with van der Waals surface area (Å²) in [5.74, 6) is 0.513. The molecule has 7 nitrogen and oxygen atoms in total. The molecule has 0 bridgehead atoms. The molecule has 27 heavy (non-hydrogen) atoms. The molecule has 4 heterocycles. The molecule has 2 aromatic rings. The summed E-state index contributed by atoms with van der Waals surface area (Å²) in [4.78, 5) is 28.4. The Labute approximate surface area is 159 Å². The van der Waals surface area contributed by atoms with Gasteiger partial charge in [0, 0.05) is 50.4 Å². The minimum Gasteiger partial charge on any atom is -0.376 e. The molecule has 0 radical (unpaired) electrons. The lowest BCUT2D eigenvalue weighted by molar-refractivity contribution is 0.0857. The maximum Gasteiger partial charge on any atom is 0.255 e. The largest absolute Gasteiger partial charge is 0.376 e. The smallest absolute Gasteiger partial charge is 0.255 e. The second kappa shape index (κ2) is 8.43. The first-order valence-corrected chi connectivity index (χ1v) is 9.73. The molecule has 1 N–H and O–H groups in total. The predicted molar refractivity (Wildman–Crippen MR) is 103 cm³/mol. The molecule has 2 aliphatic rings. The molecule has 0 saturated carbocycles. The first-order chi connectivity index (χ1) is 13.3. The molecular formula is C20H25N5O2. The van der Waals surface area contributed by atoms with Crippen LogP contribution in [0.25, 0.3) is 11.3 Å². The topological polar surface area (TPSA) is 80.2 Å². The number of hydrogen-bond acceptors (Lipinski definition) is 6. The van der Waals surface area contributed by atoms with Gasteiger partial charge in [0.2, 0.25) is 5.95 Å². The van der Waals surface area contributed by atoms with Gasteiger partial charge in [0.15, 0.2) is 0 Å². The Morgan fingerprint density at radius 2 is 2.11 bits per heavy atom. The summed E-state index contributed by atoms with van der Waals surface area (Å²) < 4.78 is 5.59. The van der Waals surface area contributed by atoms with E-state index in [0.717, 1.165) is 50.9 Å². The van der Waals surface area contributed by atoms with Crippen molar-refractivity contribution in [3.63, 3.8) is 0 Å². The third-order valence-corrected chi connectivity index (χ3v) is 5.11. The van der Waals surface area contributed by atoms with Gasteiger partial charge in [-0.15, -0.1) is 0 Å². The molecule has 1 amide bonds. The number of pyridine rings is 1. The number of carbonyl (C=O) groups is 1. The highest BCUT2D eigenvalue weighted by Crippen LogP contribution is 2.24. The van der Waals surface area contributed by atoms with Crippen LogP contribution in [0.5, 0.6) is 0 Å². The number of anilines is 1. The Morgan fingerprint density at radius 3 is 2.85 bits per heavy atom. The van der Waals surface area contributed by atoms with Crippen molar-refractivity contribution in [1.82, 2.24) is 20.3 Å². The molecule has 1 unspecified atom stereocenters. The van der Waals surface area contributed by atoms with Crippen molar-refractivity contribution >= 4 is 11.9 Å². The Balaban J connectivity index is 1.60. The van der Waals surface area contributed by atoms with Crippen LogP contribution in [0.2, 0.25) is 0 Å². The number of nitrogens with zero attached hydrogens (tertiary/aromatic N) is 4. The van der Waals surface area contributed by atoms with E-state index in [-0.39, 0.29) is 12.0 Å². The van der Waals surface area contributed by atoms with Crippen LogP contribution >= 0.6 is 0 Å². The summed E-state index contributed by atoms with van der Waals surface area (Å²) in [6.07, 6.45) is 10.8. The molecular weight excluding hydrogens is 342 g/mol. The molecule has 2 aliphatic heterocycles. The van der Waals surface area contributed by atoms with Gasteiger partial charge in [0.25, 0.3) is 5.91 Å². The van der Waals surface area contributed by atoms with Gasteiger partial charge in [-0.3, -0.25) is 9.78 Å². The summed E-state index contributed by atoms with van der Waals surface area (Å²) in [6.45, 7) is 3.20. The van der Waals surface area contributed by atoms with Crippen molar-refractivity contribution in [3.05, 3.63) is 36.3 Å². The summed E-state index contributed by atoms with van der Waals surface area (Å²) in [7, 11) is 0. The van der Waals surface area contributed by atoms with Gasteiger partial charge >= 0.3 is 0 Å². The second-order valence-corrected chi connectivity index (χ2v) is 7.07. The van der Waals surface area contributed by atoms with Gasteiger partial charge in [-0.25, -0.2) is 9.97 Å². The lowest BCUT2D eigenvalue weighted by Gasteiger charge is -2.27. The minimum absolute atomic E-state index is 0.101. The number of hydrogen-bond donors (Lipinski definition) is 1. The maximum atomic E-state index is 12.8. The minimum atomic E-state index is -0.172. The second-order valence-electron chi connectivity index (χ2n) is 7.07. The van der Waals surface area contributed by atoms with Gasteiger partial charge in [0.05, 0.1) is 17.4 Å². The van der Waals surface area contributed by atoms with Crippen LogP contribution < -0.4 is 10.2 Å². The number of nitrogens with one attached hydrogen (secondary N) is 1. The maximum absolute atomic E-state index is 12.8. The van der Waals surface area contributed by atoms with Crippen LogP contribution in [0, 0.1) is 0 Å². The van der Waals surface area contributed by atoms with E-state index in [0.29, 0.717) is 23.8 Å². The van der Waals surface area contributed by atoms with Crippen LogP contribution in [-0.4, -0.2) is 53.2 Å². The Hall–Kier alpha value is -2.54. The standard InChI is InChI=1S/C20H25N5O2/c26-19(22-13-16-7-5-11-27-16)17-14-23-20(25-9-2-1-3-10-25)24-18(17)15-6-4-8-21-12-15/h4,6,8,12,14,16H,1-3,5,7,9-11,13H2,(H,22,26). The van der Waals surface area contributed by atoms with Gasteiger partial charge in [-0.1, -0.05) is 0 Å². The molecule has 0 spiro atoms. The molecule has 142 valence electrons. The summed E-state index contributed by atoms with van der Waals surface area (Å²) in [5.41, 5.74) is 1.92. The van der Waals surface area contributed by atoms with Crippen molar-refractivity contribution in [2.45, 2.75) is 38.2 Å². The normalized spacial score (nSPS) is 19.9. The molecule has 2 fully saturated rings. The Morgan fingerprint density at radius 1 is 1.22 bits per heavy atom. The number of aromatic nitrogens is 3. The number of amides is 1. The van der Waals surface area contributed by atoms with E-state index in [4.69, 9.17) is 9.72 Å². The van der Waals surface area contributed by atoms with E-state index in [1.807, 2.05) is 12.1 Å². The van der Waals surface area contributed by atoms with E-state index >= 15 is 0 Å². The lowest BCUT2D eigenvalue weighted by atomic mass is 10.1. The average Bonchev–Trinajstić information content (AvgIpc) is 3.26. The van der Waals surface area contributed by atoms with Crippen LogP contribution in [0.4, 0.5) is 5.95 Å². The predicted octanol–water partition coefficient (Wildman–Crippen LogP) is 2.44.